The molecule has 7 heteroatoms. The Hall–Kier alpha value is -2.15. The van der Waals surface area contributed by atoms with Crippen LogP contribution >= 0.6 is 0 Å². The van der Waals surface area contributed by atoms with Crippen molar-refractivity contribution in [1.29, 1.82) is 0 Å². The molecule has 0 saturated heterocycles. The predicted molar refractivity (Wildman–Crippen MR) is 63.6 cm³/mol. The highest BCUT2D eigenvalue weighted by Gasteiger charge is 2.20. The van der Waals surface area contributed by atoms with Crippen LogP contribution in [0, 0.1) is 5.82 Å². The lowest BCUT2D eigenvalue weighted by Gasteiger charge is -2.12. The Bertz CT molecular complexity index is 503. The second-order valence-electron chi connectivity index (χ2n) is 3.80. The number of carboxylic acids is 1. The summed E-state index contributed by atoms with van der Waals surface area (Å²) < 4.78 is 23.0. The number of carboxylic acid groups (broad SMARTS) is 1. The number of carbonyl (C=O) groups is 2. The number of ether oxygens (including phenoxy) is 2. The van der Waals surface area contributed by atoms with Gasteiger partial charge in [-0.2, -0.15) is 0 Å². The third-order valence-electron chi connectivity index (χ3n) is 2.49. The molecule has 104 valence electrons. The fraction of sp³-hybridized carbons (Fsp3) is 0.333. The first-order valence-electron chi connectivity index (χ1n) is 5.33. The van der Waals surface area contributed by atoms with Crippen LogP contribution < -0.4 is 10.5 Å². The number of methoxy groups -OCH3 is 2. The molecule has 6 nitrogen and oxygen atoms in total. The van der Waals surface area contributed by atoms with Gasteiger partial charge in [-0.1, -0.05) is 0 Å². The summed E-state index contributed by atoms with van der Waals surface area (Å²) >= 11 is 0. The molecular formula is C12H14FNO5. The van der Waals surface area contributed by atoms with Crippen molar-refractivity contribution in [2.24, 2.45) is 5.73 Å². The molecule has 0 bridgehead atoms. The van der Waals surface area contributed by atoms with Gasteiger partial charge in [0.25, 0.3) is 0 Å². The number of aliphatic carboxylic acids is 1. The molecule has 0 aliphatic heterocycles. The summed E-state index contributed by atoms with van der Waals surface area (Å²) in [5.74, 6) is -3.02. The third kappa shape index (κ3) is 3.41. The summed E-state index contributed by atoms with van der Waals surface area (Å²) in [5, 5.41) is 8.70. The minimum absolute atomic E-state index is 0.111. The predicted octanol–water partition coefficient (Wildman–Crippen LogP) is 0.575. The van der Waals surface area contributed by atoms with Gasteiger partial charge in [-0.25, -0.2) is 9.18 Å². The molecule has 0 heterocycles. The molecule has 0 aliphatic rings. The van der Waals surface area contributed by atoms with E-state index in [-0.39, 0.29) is 23.3 Å². The van der Waals surface area contributed by atoms with Gasteiger partial charge in [0.1, 0.15) is 11.6 Å². The van der Waals surface area contributed by atoms with E-state index in [0.717, 1.165) is 13.2 Å². The first-order valence-corrected chi connectivity index (χ1v) is 5.33. The Kier molecular flexibility index (Phi) is 4.82. The van der Waals surface area contributed by atoms with Crippen LogP contribution in [0.2, 0.25) is 0 Å². The molecule has 0 amide bonds. The van der Waals surface area contributed by atoms with E-state index in [1.807, 2.05) is 0 Å². The van der Waals surface area contributed by atoms with E-state index in [1.165, 1.54) is 13.2 Å². The minimum atomic E-state index is -1.21. The quantitative estimate of drug-likeness (QED) is 0.760. The van der Waals surface area contributed by atoms with Gasteiger partial charge in [0.05, 0.1) is 14.2 Å². The van der Waals surface area contributed by atoms with Gasteiger partial charge in [0.2, 0.25) is 0 Å². The van der Waals surface area contributed by atoms with E-state index in [1.54, 1.807) is 0 Å². The molecular weight excluding hydrogens is 257 g/mol. The number of hydrogen-bond acceptors (Lipinski definition) is 5. The maximum absolute atomic E-state index is 13.7. The molecule has 0 fully saturated rings. The fourth-order valence-corrected chi connectivity index (χ4v) is 1.58. The molecule has 0 aliphatic carbocycles. The zero-order chi connectivity index (χ0) is 14.6. The zero-order valence-corrected chi connectivity index (χ0v) is 10.5. The number of carbonyl (C=O) groups excluding carboxylic acids is 1. The third-order valence-corrected chi connectivity index (χ3v) is 2.49. The number of rotatable bonds is 5. The highest BCUT2D eigenvalue weighted by Crippen LogP contribution is 2.25. The van der Waals surface area contributed by atoms with Crippen molar-refractivity contribution < 1.29 is 28.6 Å². The van der Waals surface area contributed by atoms with E-state index in [4.69, 9.17) is 15.6 Å². The van der Waals surface area contributed by atoms with Crippen molar-refractivity contribution in [3.8, 4) is 5.75 Å². The zero-order valence-electron chi connectivity index (χ0n) is 10.5. The molecule has 0 radical (unpaired) electrons. The van der Waals surface area contributed by atoms with Gasteiger partial charge in [0.15, 0.2) is 11.6 Å². The van der Waals surface area contributed by atoms with E-state index in [9.17, 15) is 14.0 Å². The maximum atomic E-state index is 13.7. The Morgan fingerprint density at radius 3 is 2.53 bits per heavy atom. The van der Waals surface area contributed by atoms with Gasteiger partial charge >= 0.3 is 11.9 Å². The molecule has 0 spiro atoms. The number of halogens is 1. The lowest BCUT2D eigenvalue weighted by Crippen LogP contribution is -2.32. The summed E-state index contributed by atoms with van der Waals surface area (Å²) in [6.45, 7) is 0. The summed E-state index contributed by atoms with van der Waals surface area (Å²) in [6, 6.07) is 1.20. The number of nitrogens with two attached hydrogens (primary N) is 1. The minimum Gasteiger partial charge on any atom is -0.493 e. The van der Waals surface area contributed by atoms with Crippen LogP contribution in [0.25, 0.3) is 0 Å². The lowest BCUT2D eigenvalue weighted by atomic mass is 10.0. The topological polar surface area (TPSA) is 98.9 Å². The Labute approximate surface area is 108 Å². The largest absolute Gasteiger partial charge is 0.493 e. The monoisotopic (exact) mass is 271 g/mol. The van der Waals surface area contributed by atoms with Crippen molar-refractivity contribution in [1.82, 2.24) is 0 Å². The standard InChI is InChI=1S/C12H14FNO5/c1-18-10-7(12(17)19-2)3-6(4-8(10)13)5-9(14)11(15)16/h3-4,9H,5,14H2,1-2H3,(H,15,16). The van der Waals surface area contributed by atoms with Crippen LogP contribution in [-0.4, -0.2) is 37.3 Å². The summed E-state index contributed by atoms with van der Waals surface area (Å²) in [6.07, 6.45) is -0.111. The lowest BCUT2D eigenvalue weighted by molar-refractivity contribution is -0.138. The highest BCUT2D eigenvalue weighted by atomic mass is 19.1. The molecule has 19 heavy (non-hydrogen) atoms. The average molecular weight is 271 g/mol. The van der Waals surface area contributed by atoms with E-state index < -0.39 is 23.8 Å². The molecule has 1 unspecified atom stereocenters. The Morgan fingerprint density at radius 2 is 2.05 bits per heavy atom. The van der Waals surface area contributed by atoms with Crippen LogP contribution in [0.15, 0.2) is 12.1 Å². The molecule has 1 atom stereocenters. The summed E-state index contributed by atoms with van der Waals surface area (Å²) in [5.41, 5.74) is 5.52. The first kappa shape index (κ1) is 14.9. The van der Waals surface area contributed by atoms with Crippen molar-refractivity contribution in [2.45, 2.75) is 12.5 Å². The summed E-state index contributed by atoms with van der Waals surface area (Å²) in [7, 11) is 2.36. The van der Waals surface area contributed by atoms with Gasteiger partial charge < -0.3 is 20.3 Å². The highest BCUT2D eigenvalue weighted by molar-refractivity contribution is 5.92. The van der Waals surface area contributed by atoms with Gasteiger partial charge in [0, 0.05) is 0 Å². The van der Waals surface area contributed by atoms with Gasteiger partial charge in [-0.3, -0.25) is 4.79 Å². The second kappa shape index (κ2) is 6.14. The number of benzene rings is 1. The molecule has 0 saturated carbocycles. The maximum Gasteiger partial charge on any atom is 0.341 e. The van der Waals surface area contributed by atoms with Crippen LogP contribution in [-0.2, 0) is 16.0 Å². The first-order chi connectivity index (χ1) is 8.90. The fourth-order valence-electron chi connectivity index (χ4n) is 1.58. The van der Waals surface area contributed by atoms with Crippen molar-refractivity contribution in [2.75, 3.05) is 14.2 Å². The summed E-state index contributed by atoms with van der Waals surface area (Å²) in [4.78, 5) is 22.2. The van der Waals surface area contributed by atoms with Crippen LogP contribution in [0.1, 0.15) is 15.9 Å². The van der Waals surface area contributed by atoms with Crippen molar-refractivity contribution >= 4 is 11.9 Å². The van der Waals surface area contributed by atoms with E-state index >= 15 is 0 Å². The normalized spacial score (nSPS) is 11.8. The van der Waals surface area contributed by atoms with E-state index in [2.05, 4.69) is 4.74 Å². The number of esters is 1. The van der Waals surface area contributed by atoms with Crippen LogP contribution in [0.4, 0.5) is 4.39 Å². The second-order valence-corrected chi connectivity index (χ2v) is 3.80. The number of hydrogen-bond donors (Lipinski definition) is 2. The van der Waals surface area contributed by atoms with Gasteiger partial charge in [-0.05, 0) is 24.1 Å². The average Bonchev–Trinajstić information content (AvgIpc) is 2.36. The molecule has 1 aromatic rings. The van der Waals surface area contributed by atoms with Crippen LogP contribution in [0.3, 0.4) is 0 Å². The SMILES string of the molecule is COC(=O)c1cc(CC(N)C(=O)O)cc(F)c1OC. The smallest absolute Gasteiger partial charge is 0.341 e. The van der Waals surface area contributed by atoms with Crippen molar-refractivity contribution in [3.63, 3.8) is 0 Å². The van der Waals surface area contributed by atoms with Crippen molar-refractivity contribution in [3.05, 3.63) is 29.1 Å². The van der Waals surface area contributed by atoms with E-state index in [0.29, 0.717) is 0 Å². The van der Waals surface area contributed by atoms with Crippen LogP contribution in [0.5, 0.6) is 5.75 Å². The Balaban J connectivity index is 3.19. The molecule has 1 aromatic carbocycles. The molecule has 0 aromatic heterocycles. The molecule has 3 N–H and O–H groups in total. The van der Waals surface area contributed by atoms with Gasteiger partial charge in [-0.15, -0.1) is 0 Å². The molecule has 1 rings (SSSR count). The Morgan fingerprint density at radius 1 is 1.42 bits per heavy atom.